The van der Waals surface area contributed by atoms with E-state index in [1.165, 1.54) is 38.5 Å². The molecular weight excluding hydrogens is 255 g/mol. The van der Waals surface area contributed by atoms with Gasteiger partial charge in [0.2, 0.25) is 0 Å². The summed E-state index contributed by atoms with van der Waals surface area (Å²) in [7, 11) is 0. The molecule has 5 heteroatoms. The van der Waals surface area contributed by atoms with Crippen molar-refractivity contribution in [2.75, 3.05) is 6.61 Å². The minimum atomic E-state index is -4.42. The van der Waals surface area contributed by atoms with Crippen molar-refractivity contribution in [1.82, 2.24) is 0 Å². The molecule has 1 aliphatic heterocycles. The number of rotatable bonds is 9. The van der Waals surface area contributed by atoms with E-state index in [0.29, 0.717) is 6.42 Å². The Bertz CT molecular complexity index is 276. The van der Waals surface area contributed by atoms with Crippen LogP contribution < -0.4 is 0 Å². The molecule has 1 aliphatic rings. The molecular formula is C14H24F3NO. The fourth-order valence-electron chi connectivity index (χ4n) is 2.23. The Morgan fingerprint density at radius 1 is 1.05 bits per heavy atom. The first kappa shape index (κ1) is 16.3. The Hall–Kier alpha value is -0.740. The van der Waals surface area contributed by atoms with Crippen LogP contribution in [0.3, 0.4) is 0 Å². The largest absolute Gasteiger partial charge is 0.472 e. The quantitative estimate of drug-likeness (QED) is 0.551. The molecule has 1 heterocycles. The van der Waals surface area contributed by atoms with Gasteiger partial charge in [0.15, 0.2) is 0 Å². The molecule has 112 valence electrons. The molecule has 0 aromatic rings. The van der Waals surface area contributed by atoms with Crippen LogP contribution in [0.4, 0.5) is 13.2 Å². The molecule has 0 fully saturated rings. The van der Waals surface area contributed by atoms with Gasteiger partial charge in [-0.15, -0.1) is 0 Å². The van der Waals surface area contributed by atoms with Crippen LogP contribution in [-0.4, -0.2) is 24.7 Å². The highest BCUT2D eigenvalue weighted by atomic mass is 19.4. The highest BCUT2D eigenvalue weighted by Gasteiger charge is 2.41. The number of aliphatic imine (C=N–C) groups is 1. The summed E-state index contributed by atoms with van der Waals surface area (Å²) >= 11 is 0. The maximum absolute atomic E-state index is 12.3. The lowest BCUT2D eigenvalue weighted by Gasteiger charge is -2.04. The van der Waals surface area contributed by atoms with E-state index in [4.69, 9.17) is 0 Å². The zero-order valence-corrected chi connectivity index (χ0v) is 11.6. The third-order valence-electron chi connectivity index (χ3n) is 3.35. The average Bonchev–Trinajstić information content (AvgIpc) is 2.81. The zero-order valence-electron chi connectivity index (χ0n) is 11.6. The van der Waals surface area contributed by atoms with Gasteiger partial charge in [-0.2, -0.15) is 13.2 Å². The number of hydrogen-bond acceptors (Lipinski definition) is 2. The van der Waals surface area contributed by atoms with E-state index in [1.807, 2.05) is 0 Å². The first-order valence-corrected chi connectivity index (χ1v) is 7.32. The molecule has 0 amide bonds. The Morgan fingerprint density at radius 3 is 2.16 bits per heavy atom. The second kappa shape index (κ2) is 8.43. The predicted molar refractivity (Wildman–Crippen MR) is 70.5 cm³/mol. The fourth-order valence-corrected chi connectivity index (χ4v) is 2.23. The Morgan fingerprint density at radius 2 is 1.63 bits per heavy atom. The van der Waals surface area contributed by atoms with E-state index < -0.39 is 12.1 Å². The monoisotopic (exact) mass is 279 g/mol. The van der Waals surface area contributed by atoms with Crippen molar-refractivity contribution in [3.8, 4) is 0 Å². The van der Waals surface area contributed by atoms with E-state index in [2.05, 4.69) is 16.7 Å². The maximum Gasteiger partial charge on any atom is 0.468 e. The number of nitrogens with zero attached hydrogens (tertiary/aromatic N) is 1. The molecule has 0 aliphatic carbocycles. The summed E-state index contributed by atoms with van der Waals surface area (Å²) in [5.74, 6) is -1.04. The van der Waals surface area contributed by atoms with Gasteiger partial charge in [-0.1, -0.05) is 58.3 Å². The molecule has 19 heavy (non-hydrogen) atoms. The number of hydrogen-bond donors (Lipinski definition) is 0. The highest BCUT2D eigenvalue weighted by Crippen LogP contribution is 2.24. The molecule has 1 rings (SSSR count). The lowest BCUT2D eigenvalue weighted by molar-refractivity contribution is -0.0753. The van der Waals surface area contributed by atoms with Crippen LogP contribution in [0, 0.1) is 0 Å². The van der Waals surface area contributed by atoms with Crippen LogP contribution in [-0.2, 0) is 4.74 Å². The van der Waals surface area contributed by atoms with E-state index in [-0.39, 0.29) is 12.6 Å². The van der Waals surface area contributed by atoms with Gasteiger partial charge in [0, 0.05) is 0 Å². The summed E-state index contributed by atoms with van der Waals surface area (Å²) < 4.78 is 41.4. The first-order valence-electron chi connectivity index (χ1n) is 7.32. The molecule has 0 saturated heterocycles. The molecule has 0 saturated carbocycles. The van der Waals surface area contributed by atoms with Crippen molar-refractivity contribution < 1.29 is 17.9 Å². The topological polar surface area (TPSA) is 21.6 Å². The van der Waals surface area contributed by atoms with Gasteiger partial charge in [0.05, 0.1) is 6.04 Å². The summed E-state index contributed by atoms with van der Waals surface area (Å²) in [5.41, 5.74) is 0. The van der Waals surface area contributed by atoms with Crippen molar-refractivity contribution in [3.63, 3.8) is 0 Å². The third kappa shape index (κ3) is 6.83. The molecule has 0 aromatic heterocycles. The number of unbranched alkanes of at least 4 members (excludes halogenated alkanes) is 7. The summed E-state index contributed by atoms with van der Waals surface area (Å²) in [4.78, 5) is 3.59. The van der Waals surface area contributed by atoms with Crippen LogP contribution in [0.1, 0.15) is 64.7 Å². The van der Waals surface area contributed by atoms with Gasteiger partial charge in [0.1, 0.15) is 6.61 Å². The third-order valence-corrected chi connectivity index (χ3v) is 3.35. The first-order chi connectivity index (χ1) is 9.04. The van der Waals surface area contributed by atoms with Crippen molar-refractivity contribution in [3.05, 3.63) is 0 Å². The number of alkyl halides is 3. The second-order valence-electron chi connectivity index (χ2n) is 5.16. The van der Waals surface area contributed by atoms with Crippen LogP contribution in [0.15, 0.2) is 4.99 Å². The minimum Gasteiger partial charge on any atom is -0.472 e. The van der Waals surface area contributed by atoms with Gasteiger partial charge in [0.25, 0.3) is 5.90 Å². The zero-order chi connectivity index (χ0) is 14.1. The van der Waals surface area contributed by atoms with Crippen molar-refractivity contribution in [1.29, 1.82) is 0 Å². The molecule has 0 spiro atoms. The average molecular weight is 279 g/mol. The van der Waals surface area contributed by atoms with E-state index in [1.54, 1.807) is 0 Å². The van der Waals surface area contributed by atoms with Gasteiger partial charge in [-0.25, -0.2) is 4.99 Å². The molecule has 1 atom stereocenters. The smallest absolute Gasteiger partial charge is 0.468 e. The summed E-state index contributed by atoms with van der Waals surface area (Å²) in [6, 6.07) is -0.295. The molecule has 0 N–H and O–H groups in total. The Labute approximate surface area is 113 Å². The van der Waals surface area contributed by atoms with Crippen LogP contribution in [0.2, 0.25) is 0 Å². The van der Waals surface area contributed by atoms with E-state index in [9.17, 15) is 13.2 Å². The van der Waals surface area contributed by atoms with Crippen molar-refractivity contribution in [2.24, 2.45) is 4.99 Å². The summed E-state index contributed by atoms with van der Waals surface area (Å²) in [6.45, 7) is 2.28. The van der Waals surface area contributed by atoms with Gasteiger partial charge in [-0.3, -0.25) is 0 Å². The van der Waals surface area contributed by atoms with Gasteiger partial charge in [-0.05, 0) is 6.42 Å². The summed E-state index contributed by atoms with van der Waals surface area (Å²) in [5, 5.41) is 0. The van der Waals surface area contributed by atoms with E-state index in [0.717, 1.165) is 12.8 Å². The fraction of sp³-hybridized carbons (Fsp3) is 0.929. The van der Waals surface area contributed by atoms with Gasteiger partial charge < -0.3 is 4.74 Å². The second-order valence-corrected chi connectivity index (χ2v) is 5.16. The molecule has 0 radical (unpaired) electrons. The maximum atomic E-state index is 12.3. The molecule has 0 bridgehead atoms. The Balaban J connectivity index is 2.01. The normalized spacial score (nSPS) is 19.4. The van der Waals surface area contributed by atoms with Crippen LogP contribution in [0.25, 0.3) is 0 Å². The Kier molecular flexibility index (Phi) is 7.24. The molecule has 0 aromatic carbocycles. The predicted octanol–water partition coefficient (Wildman–Crippen LogP) is 4.88. The van der Waals surface area contributed by atoms with Crippen molar-refractivity contribution in [2.45, 2.75) is 76.9 Å². The minimum absolute atomic E-state index is 0.0886. The standard InChI is InChI=1S/C14H24F3NO/c1-2-3-4-5-6-7-8-9-10-12-11-19-13(18-12)14(15,16)17/h12H,2-11H2,1H3. The van der Waals surface area contributed by atoms with Crippen LogP contribution in [0.5, 0.6) is 0 Å². The lowest BCUT2D eigenvalue weighted by Crippen LogP contribution is -2.22. The van der Waals surface area contributed by atoms with Crippen LogP contribution >= 0.6 is 0 Å². The molecule has 2 nitrogen and oxygen atoms in total. The molecule has 1 unspecified atom stereocenters. The number of halogens is 3. The number of ether oxygens (including phenoxy) is 1. The highest BCUT2D eigenvalue weighted by molar-refractivity contribution is 5.83. The summed E-state index contributed by atoms with van der Waals surface area (Å²) in [6.07, 6.45) is 5.84. The van der Waals surface area contributed by atoms with E-state index >= 15 is 0 Å². The lowest BCUT2D eigenvalue weighted by atomic mass is 10.1. The van der Waals surface area contributed by atoms with Gasteiger partial charge >= 0.3 is 6.18 Å². The SMILES string of the molecule is CCCCCCCCCCC1COC(C(F)(F)F)=N1. The van der Waals surface area contributed by atoms with Crippen molar-refractivity contribution >= 4 is 5.90 Å².